The van der Waals surface area contributed by atoms with Gasteiger partial charge in [-0.1, -0.05) is 6.58 Å². The fourth-order valence-electron chi connectivity index (χ4n) is 2.58. The van der Waals surface area contributed by atoms with Crippen molar-refractivity contribution in [1.29, 1.82) is 0 Å². The van der Waals surface area contributed by atoms with Crippen LogP contribution in [0.15, 0.2) is 36.9 Å². The van der Waals surface area contributed by atoms with Crippen molar-refractivity contribution in [2.24, 2.45) is 0 Å². The van der Waals surface area contributed by atoms with Crippen molar-refractivity contribution in [2.45, 2.75) is 33.0 Å². The molecule has 144 valence electrons. The molecule has 27 heavy (non-hydrogen) atoms. The molecule has 1 unspecified atom stereocenters. The lowest BCUT2D eigenvalue weighted by molar-refractivity contribution is -0.137. The fourth-order valence-corrected chi connectivity index (χ4v) is 2.58. The average Bonchev–Trinajstić information content (AvgIpc) is 2.52. The third kappa shape index (κ3) is 5.22. The van der Waals surface area contributed by atoms with Gasteiger partial charge < -0.3 is 15.7 Å². The molecule has 1 atom stereocenters. The Morgan fingerprint density at radius 2 is 1.93 bits per heavy atom. The van der Waals surface area contributed by atoms with E-state index in [4.69, 9.17) is 0 Å². The number of aromatic nitrogens is 1. The zero-order valence-electron chi connectivity index (χ0n) is 15.1. The van der Waals surface area contributed by atoms with Gasteiger partial charge in [0.2, 0.25) is 5.91 Å². The summed E-state index contributed by atoms with van der Waals surface area (Å²) in [5, 5.41) is 15.6. The zero-order valence-corrected chi connectivity index (χ0v) is 15.1. The molecule has 0 aliphatic carbocycles. The minimum absolute atomic E-state index is 0.169. The minimum Gasteiger partial charge on any atom is -0.507 e. The second-order valence-electron chi connectivity index (χ2n) is 6.18. The highest BCUT2D eigenvalue weighted by Gasteiger charge is 2.31. The van der Waals surface area contributed by atoms with Gasteiger partial charge in [-0.25, -0.2) is 4.98 Å². The third-order valence-electron chi connectivity index (χ3n) is 3.82. The Hall–Kier alpha value is -3.03. The topological polar surface area (TPSA) is 74.2 Å². The highest BCUT2D eigenvalue weighted by Crippen LogP contribution is 2.34. The van der Waals surface area contributed by atoms with Gasteiger partial charge >= 0.3 is 6.18 Å². The molecule has 5 nitrogen and oxygen atoms in total. The Balaban J connectivity index is 2.21. The van der Waals surface area contributed by atoms with E-state index in [9.17, 15) is 23.1 Å². The van der Waals surface area contributed by atoms with Gasteiger partial charge in [0.1, 0.15) is 11.6 Å². The lowest BCUT2D eigenvalue weighted by Gasteiger charge is -2.20. The number of pyridine rings is 1. The van der Waals surface area contributed by atoms with Crippen molar-refractivity contribution in [3.63, 3.8) is 0 Å². The number of phenolic OH excluding ortho intramolecular Hbond substituents is 1. The van der Waals surface area contributed by atoms with Gasteiger partial charge in [0, 0.05) is 29.9 Å². The molecular formula is C19H20F3N3O2. The third-order valence-corrected chi connectivity index (χ3v) is 3.82. The second-order valence-corrected chi connectivity index (χ2v) is 6.18. The molecule has 0 spiro atoms. The van der Waals surface area contributed by atoms with E-state index in [1.807, 2.05) is 13.0 Å². The van der Waals surface area contributed by atoms with Crippen molar-refractivity contribution in [1.82, 2.24) is 10.3 Å². The van der Waals surface area contributed by atoms with E-state index in [0.717, 1.165) is 11.6 Å². The van der Waals surface area contributed by atoms with Crippen LogP contribution >= 0.6 is 0 Å². The van der Waals surface area contributed by atoms with Gasteiger partial charge in [-0.15, -0.1) is 0 Å². The lowest BCUT2D eigenvalue weighted by Crippen LogP contribution is -2.18. The summed E-state index contributed by atoms with van der Waals surface area (Å²) in [6, 6.07) is 5.92. The Labute approximate surface area is 154 Å². The fraction of sp³-hybridized carbons (Fsp3) is 0.263. The van der Waals surface area contributed by atoms with Crippen LogP contribution in [0.25, 0.3) is 5.70 Å². The summed E-state index contributed by atoms with van der Waals surface area (Å²) in [4.78, 5) is 15.4. The number of halogens is 3. The summed E-state index contributed by atoms with van der Waals surface area (Å²) >= 11 is 0. The van der Waals surface area contributed by atoms with E-state index in [-0.39, 0.29) is 23.2 Å². The maximum atomic E-state index is 12.7. The Morgan fingerprint density at radius 1 is 1.26 bits per heavy atom. The van der Waals surface area contributed by atoms with Gasteiger partial charge in [0.05, 0.1) is 5.56 Å². The van der Waals surface area contributed by atoms with Crippen LogP contribution in [0.4, 0.5) is 19.0 Å². The number of nitrogens with one attached hydrogen (secondary N) is 2. The molecule has 0 saturated carbocycles. The van der Waals surface area contributed by atoms with Crippen molar-refractivity contribution >= 4 is 17.4 Å². The van der Waals surface area contributed by atoms with E-state index >= 15 is 0 Å². The quantitative estimate of drug-likeness (QED) is 0.720. The predicted octanol–water partition coefficient (Wildman–Crippen LogP) is 4.39. The Morgan fingerprint density at radius 3 is 2.48 bits per heavy atom. The summed E-state index contributed by atoms with van der Waals surface area (Å²) in [7, 11) is 0. The summed E-state index contributed by atoms with van der Waals surface area (Å²) in [5.41, 5.74) is 0.980. The summed E-state index contributed by atoms with van der Waals surface area (Å²) in [5.74, 6) is -0.368. The molecule has 0 saturated heterocycles. The molecule has 1 heterocycles. The molecule has 2 rings (SSSR count). The van der Waals surface area contributed by atoms with Crippen LogP contribution in [0.1, 0.15) is 42.3 Å². The van der Waals surface area contributed by atoms with E-state index in [1.165, 1.54) is 13.0 Å². The first-order valence-electron chi connectivity index (χ1n) is 8.09. The number of hydrogen-bond acceptors (Lipinski definition) is 4. The van der Waals surface area contributed by atoms with E-state index in [1.54, 1.807) is 13.0 Å². The predicted molar refractivity (Wildman–Crippen MR) is 97.0 cm³/mol. The molecule has 0 bridgehead atoms. The van der Waals surface area contributed by atoms with Crippen LogP contribution in [-0.2, 0) is 11.0 Å². The number of aromatic hydroxyl groups is 1. The largest absolute Gasteiger partial charge is 0.507 e. The number of anilines is 1. The first-order valence-corrected chi connectivity index (χ1v) is 8.09. The van der Waals surface area contributed by atoms with E-state index in [2.05, 4.69) is 22.2 Å². The first-order chi connectivity index (χ1) is 12.5. The van der Waals surface area contributed by atoms with Gasteiger partial charge in [-0.3, -0.25) is 4.79 Å². The maximum Gasteiger partial charge on any atom is 0.416 e. The molecule has 3 N–H and O–H groups in total. The molecule has 0 aliphatic rings. The minimum atomic E-state index is -4.53. The van der Waals surface area contributed by atoms with Crippen molar-refractivity contribution in [2.75, 3.05) is 5.32 Å². The molecule has 1 aromatic heterocycles. The standard InChI is InChI=1S/C19H20F3N3O2/c1-10-7-14(8-18(23-10)25-13(4)26)11(2)24-12(3)16-6-5-15(9-17(16)27)19(20,21)22/h5-9,11,24,27H,3H2,1-2,4H3,(H,23,25,26). The number of phenols is 1. The summed E-state index contributed by atoms with van der Waals surface area (Å²) in [6.45, 7) is 8.77. The molecule has 8 heteroatoms. The van der Waals surface area contributed by atoms with Gasteiger partial charge in [0.15, 0.2) is 0 Å². The van der Waals surface area contributed by atoms with Crippen LogP contribution in [0.2, 0.25) is 0 Å². The van der Waals surface area contributed by atoms with Crippen LogP contribution in [0, 0.1) is 6.92 Å². The number of hydrogen-bond donors (Lipinski definition) is 3. The molecular weight excluding hydrogens is 359 g/mol. The van der Waals surface area contributed by atoms with Gasteiger partial charge in [-0.05, 0) is 49.7 Å². The number of rotatable bonds is 5. The van der Waals surface area contributed by atoms with E-state index in [0.29, 0.717) is 17.6 Å². The molecule has 1 aromatic carbocycles. The maximum absolute atomic E-state index is 12.7. The number of benzene rings is 1. The zero-order chi connectivity index (χ0) is 20.4. The number of aryl methyl sites for hydroxylation is 1. The molecule has 0 radical (unpaired) electrons. The number of amides is 1. The molecule has 2 aromatic rings. The number of alkyl halides is 3. The summed E-state index contributed by atoms with van der Waals surface area (Å²) < 4.78 is 38.1. The number of carbonyl (C=O) groups is 1. The van der Waals surface area contributed by atoms with Crippen molar-refractivity contribution in [3.8, 4) is 5.75 Å². The molecule has 0 aliphatic heterocycles. The highest BCUT2D eigenvalue weighted by atomic mass is 19.4. The van der Waals surface area contributed by atoms with Crippen molar-refractivity contribution < 1.29 is 23.1 Å². The second kappa shape index (κ2) is 7.69. The van der Waals surface area contributed by atoms with Gasteiger partial charge in [-0.2, -0.15) is 13.2 Å². The van der Waals surface area contributed by atoms with Crippen LogP contribution < -0.4 is 10.6 Å². The number of nitrogens with zero attached hydrogens (tertiary/aromatic N) is 1. The average molecular weight is 379 g/mol. The highest BCUT2D eigenvalue weighted by molar-refractivity contribution is 5.87. The monoisotopic (exact) mass is 379 g/mol. The van der Waals surface area contributed by atoms with Crippen molar-refractivity contribution in [3.05, 3.63) is 59.3 Å². The van der Waals surface area contributed by atoms with Crippen LogP contribution in [0.5, 0.6) is 5.75 Å². The molecule has 1 amide bonds. The number of carbonyl (C=O) groups excluding carboxylic acids is 1. The SMILES string of the molecule is C=C(NC(C)c1cc(C)nc(NC(C)=O)c1)c1ccc(C(F)(F)F)cc1O. The van der Waals surface area contributed by atoms with Crippen LogP contribution in [-0.4, -0.2) is 16.0 Å². The van der Waals surface area contributed by atoms with Gasteiger partial charge in [0.25, 0.3) is 0 Å². The summed E-state index contributed by atoms with van der Waals surface area (Å²) in [6.07, 6.45) is -4.53. The van der Waals surface area contributed by atoms with E-state index < -0.39 is 17.5 Å². The normalized spacial score (nSPS) is 12.4. The Bertz CT molecular complexity index is 879. The van der Waals surface area contributed by atoms with Crippen LogP contribution in [0.3, 0.4) is 0 Å². The Kier molecular flexibility index (Phi) is 5.78. The lowest BCUT2D eigenvalue weighted by atomic mass is 10.0. The first kappa shape index (κ1) is 20.3. The molecule has 0 fully saturated rings. The smallest absolute Gasteiger partial charge is 0.416 e.